The molecule has 0 amide bonds. The van der Waals surface area contributed by atoms with Crippen molar-refractivity contribution < 1.29 is 13.9 Å². The number of methoxy groups -OCH3 is 1. The van der Waals surface area contributed by atoms with Crippen molar-refractivity contribution in [1.82, 2.24) is 0 Å². The second kappa shape index (κ2) is 5.79. The number of hydrogen-bond acceptors (Lipinski definition) is 4. The molecule has 2 aromatic rings. The van der Waals surface area contributed by atoms with Gasteiger partial charge in [0.1, 0.15) is 5.82 Å². The minimum Gasteiger partial charge on any atom is -0.465 e. The van der Waals surface area contributed by atoms with E-state index in [-0.39, 0.29) is 11.3 Å². The molecular weight excluding hydrogens is 283 g/mol. The molecule has 0 spiro atoms. The van der Waals surface area contributed by atoms with Crippen molar-refractivity contribution in [1.29, 1.82) is 0 Å². The minimum atomic E-state index is -0.561. The molecule has 0 aromatic heterocycles. The van der Waals surface area contributed by atoms with Crippen molar-refractivity contribution in [3.8, 4) is 0 Å². The van der Waals surface area contributed by atoms with E-state index in [2.05, 4.69) is 10.1 Å². The first kappa shape index (κ1) is 14.1. The van der Waals surface area contributed by atoms with E-state index in [0.29, 0.717) is 16.4 Å². The van der Waals surface area contributed by atoms with Gasteiger partial charge in [0.2, 0.25) is 0 Å². The first-order valence-corrected chi connectivity index (χ1v) is 6.09. The van der Waals surface area contributed by atoms with Crippen LogP contribution in [0.1, 0.15) is 10.4 Å². The van der Waals surface area contributed by atoms with Crippen LogP contribution in [0, 0.1) is 5.82 Å². The summed E-state index contributed by atoms with van der Waals surface area (Å²) in [4.78, 5) is 11.7. The molecule has 0 saturated heterocycles. The SMILES string of the molecule is COC(=O)c1cc(N)ccc1Nc1ccc(Cl)cc1F. The average Bonchev–Trinajstić information content (AvgIpc) is 2.42. The summed E-state index contributed by atoms with van der Waals surface area (Å²) in [7, 11) is 1.26. The van der Waals surface area contributed by atoms with E-state index in [4.69, 9.17) is 17.3 Å². The Hall–Kier alpha value is -2.27. The lowest BCUT2D eigenvalue weighted by molar-refractivity contribution is 0.0602. The highest BCUT2D eigenvalue weighted by molar-refractivity contribution is 6.30. The number of esters is 1. The molecule has 0 aliphatic rings. The van der Waals surface area contributed by atoms with Crippen LogP contribution in [0.4, 0.5) is 21.5 Å². The van der Waals surface area contributed by atoms with Gasteiger partial charge in [0.15, 0.2) is 0 Å². The van der Waals surface area contributed by atoms with E-state index < -0.39 is 11.8 Å². The number of rotatable bonds is 3. The zero-order valence-electron chi connectivity index (χ0n) is 10.6. The molecule has 0 saturated carbocycles. The zero-order valence-corrected chi connectivity index (χ0v) is 11.4. The third-order valence-corrected chi connectivity index (χ3v) is 2.88. The monoisotopic (exact) mass is 294 g/mol. The molecule has 0 atom stereocenters. The van der Waals surface area contributed by atoms with Crippen LogP contribution in [-0.2, 0) is 4.74 Å². The topological polar surface area (TPSA) is 64.3 Å². The second-order valence-electron chi connectivity index (χ2n) is 4.05. The number of nitrogens with two attached hydrogens (primary N) is 1. The molecule has 0 heterocycles. The third kappa shape index (κ3) is 3.00. The van der Waals surface area contributed by atoms with Crippen molar-refractivity contribution in [3.05, 3.63) is 52.8 Å². The Balaban J connectivity index is 2.40. The van der Waals surface area contributed by atoms with Gasteiger partial charge in [-0.2, -0.15) is 0 Å². The van der Waals surface area contributed by atoms with Crippen molar-refractivity contribution in [2.24, 2.45) is 0 Å². The summed E-state index contributed by atoms with van der Waals surface area (Å²) in [5, 5.41) is 3.11. The molecule has 0 radical (unpaired) electrons. The molecule has 0 aliphatic heterocycles. The molecule has 0 bridgehead atoms. The molecule has 2 rings (SSSR count). The molecule has 20 heavy (non-hydrogen) atoms. The lowest BCUT2D eigenvalue weighted by atomic mass is 10.1. The van der Waals surface area contributed by atoms with Gasteiger partial charge in [0, 0.05) is 10.7 Å². The summed E-state index contributed by atoms with van der Waals surface area (Å²) in [6, 6.07) is 8.84. The summed E-state index contributed by atoms with van der Waals surface area (Å²) < 4.78 is 18.4. The van der Waals surface area contributed by atoms with E-state index >= 15 is 0 Å². The number of nitrogens with one attached hydrogen (secondary N) is 1. The molecule has 2 aromatic carbocycles. The van der Waals surface area contributed by atoms with Gasteiger partial charge in [0.25, 0.3) is 0 Å². The fourth-order valence-corrected chi connectivity index (χ4v) is 1.84. The second-order valence-corrected chi connectivity index (χ2v) is 4.48. The lowest BCUT2D eigenvalue weighted by Gasteiger charge is -2.12. The first-order chi connectivity index (χ1) is 9.51. The quantitative estimate of drug-likeness (QED) is 0.671. The predicted octanol–water partition coefficient (Wildman–Crippen LogP) is 3.59. The van der Waals surface area contributed by atoms with Crippen LogP contribution in [0.3, 0.4) is 0 Å². The van der Waals surface area contributed by atoms with Crippen LogP contribution < -0.4 is 11.1 Å². The number of nitrogen functional groups attached to an aromatic ring is 1. The third-order valence-electron chi connectivity index (χ3n) is 2.65. The van der Waals surface area contributed by atoms with Gasteiger partial charge < -0.3 is 15.8 Å². The average molecular weight is 295 g/mol. The number of hydrogen-bond donors (Lipinski definition) is 2. The summed E-state index contributed by atoms with van der Waals surface area (Å²) in [5.41, 5.74) is 6.86. The fourth-order valence-electron chi connectivity index (χ4n) is 1.69. The van der Waals surface area contributed by atoms with Crippen molar-refractivity contribution >= 4 is 34.6 Å². The summed E-state index contributed by atoms with van der Waals surface area (Å²) >= 11 is 5.69. The Morgan fingerprint density at radius 3 is 2.60 bits per heavy atom. The Bertz CT molecular complexity index is 662. The Kier molecular flexibility index (Phi) is 4.10. The van der Waals surface area contributed by atoms with Crippen molar-refractivity contribution in [2.75, 3.05) is 18.2 Å². The van der Waals surface area contributed by atoms with E-state index in [1.165, 1.54) is 25.3 Å². The molecule has 0 aliphatic carbocycles. The number of benzene rings is 2. The maximum Gasteiger partial charge on any atom is 0.340 e. The van der Waals surface area contributed by atoms with Crippen LogP contribution in [0.2, 0.25) is 5.02 Å². The van der Waals surface area contributed by atoms with Crippen molar-refractivity contribution in [2.45, 2.75) is 0 Å². The highest BCUT2D eigenvalue weighted by atomic mass is 35.5. The van der Waals surface area contributed by atoms with Crippen molar-refractivity contribution in [3.63, 3.8) is 0 Å². The van der Waals surface area contributed by atoms with Crippen LogP contribution >= 0.6 is 11.6 Å². The van der Waals surface area contributed by atoms with E-state index in [1.807, 2.05) is 0 Å². The number of carbonyl (C=O) groups is 1. The Labute approximate surface area is 120 Å². The van der Waals surface area contributed by atoms with Gasteiger partial charge in [0.05, 0.1) is 24.0 Å². The maximum absolute atomic E-state index is 13.7. The number of ether oxygens (including phenoxy) is 1. The normalized spacial score (nSPS) is 10.2. The van der Waals surface area contributed by atoms with Gasteiger partial charge in [-0.25, -0.2) is 9.18 Å². The van der Waals surface area contributed by atoms with Crippen LogP contribution in [0.5, 0.6) is 0 Å². The summed E-state index contributed by atoms with van der Waals surface area (Å²) in [6.07, 6.45) is 0. The lowest BCUT2D eigenvalue weighted by Crippen LogP contribution is -2.07. The molecule has 0 unspecified atom stereocenters. The highest BCUT2D eigenvalue weighted by Crippen LogP contribution is 2.27. The molecule has 3 N–H and O–H groups in total. The molecule has 6 heteroatoms. The van der Waals surface area contributed by atoms with E-state index in [9.17, 15) is 9.18 Å². The van der Waals surface area contributed by atoms with Gasteiger partial charge in [-0.1, -0.05) is 11.6 Å². The number of anilines is 3. The van der Waals surface area contributed by atoms with Crippen LogP contribution in [-0.4, -0.2) is 13.1 Å². The van der Waals surface area contributed by atoms with E-state index in [1.54, 1.807) is 18.2 Å². The standard InChI is InChI=1S/C14H12ClFN2O2/c1-20-14(19)10-7-9(17)3-5-12(10)18-13-4-2-8(15)6-11(13)16/h2-7,18H,17H2,1H3. The van der Waals surface area contributed by atoms with E-state index in [0.717, 1.165) is 0 Å². The first-order valence-electron chi connectivity index (χ1n) is 5.71. The van der Waals surface area contributed by atoms with Gasteiger partial charge >= 0.3 is 5.97 Å². The predicted molar refractivity (Wildman–Crippen MR) is 76.9 cm³/mol. The fraction of sp³-hybridized carbons (Fsp3) is 0.0714. The van der Waals surface area contributed by atoms with Crippen LogP contribution in [0.25, 0.3) is 0 Å². The van der Waals surface area contributed by atoms with Gasteiger partial charge in [-0.3, -0.25) is 0 Å². The minimum absolute atomic E-state index is 0.198. The highest BCUT2D eigenvalue weighted by Gasteiger charge is 2.13. The Morgan fingerprint density at radius 1 is 1.25 bits per heavy atom. The molecule has 104 valence electrons. The van der Waals surface area contributed by atoms with Crippen LogP contribution in [0.15, 0.2) is 36.4 Å². The summed E-state index contributed by atoms with van der Waals surface area (Å²) in [5.74, 6) is -1.08. The maximum atomic E-state index is 13.7. The zero-order chi connectivity index (χ0) is 14.7. The Morgan fingerprint density at radius 2 is 1.95 bits per heavy atom. The molecule has 4 nitrogen and oxygen atoms in total. The number of halogens is 2. The summed E-state index contributed by atoms with van der Waals surface area (Å²) in [6.45, 7) is 0. The smallest absolute Gasteiger partial charge is 0.340 e. The largest absolute Gasteiger partial charge is 0.465 e. The van der Waals surface area contributed by atoms with Gasteiger partial charge in [-0.05, 0) is 36.4 Å². The number of carbonyl (C=O) groups excluding carboxylic acids is 1. The molecule has 0 fully saturated rings. The van der Waals surface area contributed by atoms with Gasteiger partial charge in [-0.15, -0.1) is 0 Å². The molecular formula is C14H12ClFN2O2.